The molecule has 1 atom stereocenters. The lowest BCUT2D eigenvalue weighted by atomic mass is 10.2. The van der Waals surface area contributed by atoms with E-state index in [-0.39, 0.29) is 6.10 Å². The van der Waals surface area contributed by atoms with Crippen molar-refractivity contribution in [2.24, 2.45) is 0 Å². The van der Waals surface area contributed by atoms with E-state index in [0.717, 1.165) is 19.4 Å². The van der Waals surface area contributed by atoms with E-state index < -0.39 is 0 Å². The molecule has 1 aliphatic carbocycles. The Kier molecular flexibility index (Phi) is 6.98. The van der Waals surface area contributed by atoms with Crippen LogP contribution in [0, 0.1) is 0 Å². The Labute approximate surface area is 93.2 Å². The summed E-state index contributed by atoms with van der Waals surface area (Å²) in [6.45, 7) is 4.06. The van der Waals surface area contributed by atoms with Crippen LogP contribution in [0.4, 0.5) is 0 Å². The first kappa shape index (κ1) is 12.9. The summed E-state index contributed by atoms with van der Waals surface area (Å²) in [5, 5.41) is 13.0. The van der Waals surface area contributed by atoms with Crippen molar-refractivity contribution in [2.75, 3.05) is 19.8 Å². The Hall–Kier alpha value is -0.120. The topological polar surface area (TPSA) is 41.5 Å². The molecule has 1 aliphatic rings. The Morgan fingerprint density at radius 2 is 2.13 bits per heavy atom. The van der Waals surface area contributed by atoms with Crippen LogP contribution in [0.3, 0.4) is 0 Å². The second-order valence-electron chi connectivity index (χ2n) is 4.47. The maximum Gasteiger partial charge on any atom is 0.0897 e. The number of hydrogen-bond acceptors (Lipinski definition) is 3. The predicted octanol–water partition coefficient (Wildman–Crippen LogP) is 1.70. The van der Waals surface area contributed by atoms with Crippen LogP contribution in [-0.4, -0.2) is 37.0 Å². The minimum Gasteiger partial charge on any atom is -0.389 e. The van der Waals surface area contributed by atoms with Crippen LogP contribution in [0.2, 0.25) is 0 Å². The fourth-order valence-corrected chi connectivity index (χ4v) is 1.96. The average Bonchev–Trinajstić information content (AvgIpc) is 2.74. The van der Waals surface area contributed by atoms with E-state index in [1.807, 2.05) is 0 Å². The van der Waals surface area contributed by atoms with Crippen LogP contribution >= 0.6 is 0 Å². The predicted molar refractivity (Wildman–Crippen MR) is 62.0 cm³/mol. The lowest BCUT2D eigenvalue weighted by Crippen LogP contribution is -2.36. The highest BCUT2D eigenvalue weighted by Crippen LogP contribution is 2.17. The molecule has 3 heteroatoms. The number of ether oxygens (including phenoxy) is 1. The Morgan fingerprint density at radius 3 is 2.80 bits per heavy atom. The molecule has 0 aromatic rings. The quantitative estimate of drug-likeness (QED) is 0.606. The summed E-state index contributed by atoms with van der Waals surface area (Å²) in [7, 11) is 0. The number of aliphatic hydroxyl groups excluding tert-OH is 1. The maximum atomic E-state index is 9.62. The molecule has 2 N–H and O–H groups in total. The third kappa shape index (κ3) is 6.13. The molecule has 0 amide bonds. The van der Waals surface area contributed by atoms with E-state index in [1.165, 1.54) is 25.7 Å². The van der Waals surface area contributed by atoms with Crippen molar-refractivity contribution in [3.63, 3.8) is 0 Å². The number of nitrogens with one attached hydrogen (secondary N) is 1. The fraction of sp³-hybridized carbons (Fsp3) is 1.00. The molecule has 0 bridgehead atoms. The van der Waals surface area contributed by atoms with Crippen LogP contribution in [0.5, 0.6) is 0 Å². The molecule has 0 spiro atoms. The standard InChI is InChI=1S/C12H25NO2/c1-2-3-8-15-10-12(14)9-13-11-6-4-5-7-11/h11-14H,2-10H2,1H3. The summed E-state index contributed by atoms with van der Waals surface area (Å²) in [6.07, 6.45) is 7.09. The number of aliphatic hydroxyl groups is 1. The third-order valence-electron chi connectivity index (χ3n) is 2.95. The molecule has 0 aliphatic heterocycles. The number of hydrogen-bond donors (Lipinski definition) is 2. The minimum absolute atomic E-state index is 0.345. The van der Waals surface area contributed by atoms with Crippen LogP contribution in [0.1, 0.15) is 45.4 Å². The molecule has 90 valence electrons. The molecule has 0 aromatic carbocycles. The van der Waals surface area contributed by atoms with Gasteiger partial charge in [-0.05, 0) is 19.3 Å². The summed E-state index contributed by atoms with van der Waals surface area (Å²) < 4.78 is 5.36. The van der Waals surface area contributed by atoms with Gasteiger partial charge in [0, 0.05) is 19.2 Å². The molecule has 3 nitrogen and oxygen atoms in total. The van der Waals surface area contributed by atoms with Gasteiger partial charge in [0.25, 0.3) is 0 Å². The van der Waals surface area contributed by atoms with Gasteiger partial charge in [0.1, 0.15) is 0 Å². The highest BCUT2D eigenvalue weighted by atomic mass is 16.5. The van der Waals surface area contributed by atoms with E-state index in [2.05, 4.69) is 12.2 Å². The first-order valence-electron chi connectivity index (χ1n) is 6.32. The van der Waals surface area contributed by atoms with Gasteiger partial charge in [0.15, 0.2) is 0 Å². The van der Waals surface area contributed by atoms with Gasteiger partial charge < -0.3 is 15.2 Å². The molecule has 1 saturated carbocycles. The molecule has 15 heavy (non-hydrogen) atoms. The molecule has 1 rings (SSSR count). The first-order chi connectivity index (χ1) is 7.33. The van der Waals surface area contributed by atoms with Crippen LogP contribution in [0.25, 0.3) is 0 Å². The van der Waals surface area contributed by atoms with E-state index in [4.69, 9.17) is 4.74 Å². The minimum atomic E-state index is -0.345. The Morgan fingerprint density at radius 1 is 1.40 bits per heavy atom. The highest BCUT2D eigenvalue weighted by molar-refractivity contribution is 4.74. The zero-order valence-electron chi connectivity index (χ0n) is 9.87. The van der Waals surface area contributed by atoms with Gasteiger partial charge >= 0.3 is 0 Å². The zero-order chi connectivity index (χ0) is 10.9. The smallest absolute Gasteiger partial charge is 0.0897 e. The largest absolute Gasteiger partial charge is 0.389 e. The normalized spacial score (nSPS) is 19.6. The summed E-state index contributed by atoms with van der Waals surface area (Å²) in [4.78, 5) is 0. The van der Waals surface area contributed by atoms with Gasteiger partial charge in [0.05, 0.1) is 12.7 Å². The van der Waals surface area contributed by atoms with Gasteiger partial charge in [-0.2, -0.15) is 0 Å². The van der Waals surface area contributed by atoms with Gasteiger partial charge in [-0.1, -0.05) is 26.2 Å². The van der Waals surface area contributed by atoms with E-state index in [9.17, 15) is 5.11 Å². The summed E-state index contributed by atoms with van der Waals surface area (Å²) >= 11 is 0. The summed E-state index contributed by atoms with van der Waals surface area (Å²) in [5.74, 6) is 0. The fourth-order valence-electron chi connectivity index (χ4n) is 1.96. The molecule has 0 aromatic heterocycles. The average molecular weight is 215 g/mol. The molecule has 0 radical (unpaired) electrons. The monoisotopic (exact) mass is 215 g/mol. The van der Waals surface area contributed by atoms with E-state index >= 15 is 0 Å². The van der Waals surface area contributed by atoms with Crippen molar-refractivity contribution in [1.82, 2.24) is 5.32 Å². The van der Waals surface area contributed by atoms with Crippen LogP contribution < -0.4 is 5.32 Å². The third-order valence-corrected chi connectivity index (χ3v) is 2.95. The lowest BCUT2D eigenvalue weighted by molar-refractivity contribution is 0.0347. The summed E-state index contributed by atoms with van der Waals surface area (Å²) in [6, 6.07) is 0.635. The van der Waals surface area contributed by atoms with E-state index in [0.29, 0.717) is 19.2 Å². The molecule has 0 saturated heterocycles. The van der Waals surface area contributed by atoms with Crippen LogP contribution in [-0.2, 0) is 4.74 Å². The van der Waals surface area contributed by atoms with E-state index in [1.54, 1.807) is 0 Å². The molecule has 1 fully saturated rings. The van der Waals surface area contributed by atoms with Crippen molar-refractivity contribution < 1.29 is 9.84 Å². The van der Waals surface area contributed by atoms with Gasteiger partial charge in [0.2, 0.25) is 0 Å². The number of rotatable bonds is 8. The van der Waals surface area contributed by atoms with Crippen molar-refractivity contribution in [3.8, 4) is 0 Å². The number of unbranched alkanes of at least 4 members (excludes halogenated alkanes) is 1. The highest BCUT2D eigenvalue weighted by Gasteiger charge is 2.15. The second kappa shape index (κ2) is 8.08. The second-order valence-corrected chi connectivity index (χ2v) is 4.47. The van der Waals surface area contributed by atoms with Crippen LogP contribution in [0.15, 0.2) is 0 Å². The Bertz CT molecular complexity index is 147. The Balaban J connectivity index is 1.90. The van der Waals surface area contributed by atoms with Crippen molar-refractivity contribution >= 4 is 0 Å². The molecule has 0 heterocycles. The van der Waals surface area contributed by atoms with Gasteiger partial charge in [-0.15, -0.1) is 0 Å². The lowest BCUT2D eigenvalue weighted by Gasteiger charge is -2.16. The maximum absolute atomic E-state index is 9.62. The SMILES string of the molecule is CCCCOCC(O)CNC1CCCC1. The van der Waals surface area contributed by atoms with Gasteiger partial charge in [-0.25, -0.2) is 0 Å². The first-order valence-corrected chi connectivity index (χ1v) is 6.32. The molecular weight excluding hydrogens is 190 g/mol. The summed E-state index contributed by atoms with van der Waals surface area (Å²) in [5.41, 5.74) is 0. The zero-order valence-corrected chi connectivity index (χ0v) is 9.87. The van der Waals surface area contributed by atoms with Crippen molar-refractivity contribution in [2.45, 2.75) is 57.6 Å². The molecule has 1 unspecified atom stereocenters. The van der Waals surface area contributed by atoms with Gasteiger partial charge in [-0.3, -0.25) is 0 Å². The molecular formula is C12H25NO2. The van der Waals surface area contributed by atoms with Crippen molar-refractivity contribution in [3.05, 3.63) is 0 Å². The van der Waals surface area contributed by atoms with Crippen molar-refractivity contribution in [1.29, 1.82) is 0 Å².